The zero-order chi connectivity index (χ0) is 21.3. The molecule has 0 aliphatic carbocycles. The van der Waals surface area contributed by atoms with Crippen molar-refractivity contribution >= 4 is 11.7 Å². The quantitative estimate of drug-likeness (QED) is 0.569. The van der Waals surface area contributed by atoms with Gasteiger partial charge in [-0.2, -0.15) is 0 Å². The lowest BCUT2D eigenvalue weighted by Gasteiger charge is -2.31. The maximum absolute atomic E-state index is 13.3. The van der Waals surface area contributed by atoms with Gasteiger partial charge in [0.25, 0.3) is 5.91 Å². The number of likely N-dealkylation sites (tertiary alicyclic amines) is 1. The summed E-state index contributed by atoms with van der Waals surface area (Å²) < 4.78 is 2.16. The molecule has 4 nitrogen and oxygen atoms in total. The number of aryl methyl sites for hydroxylation is 2. The van der Waals surface area contributed by atoms with Gasteiger partial charge in [-0.15, -0.1) is 0 Å². The predicted molar refractivity (Wildman–Crippen MR) is 119 cm³/mol. The van der Waals surface area contributed by atoms with Gasteiger partial charge in [-0.05, 0) is 51.3 Å². The van der Waals surface area contributed by atoms with Gasteiger partial charge in [-0.1, -0.05) is 48.5 Å². The van der Waals surface area contributed by atoms with Crippen LogP contribution in [-0.2, 0) is 0 Å². The van der Waals surface area contributed by atoms with Crippen LogP contribution in [0.1, 0.15) is 50.5 Å². The highest BCUT2D eigenvalue weighted by atomic mass is 16.2. The second kappa shape index (κ2) is 8.31. The van der Waals surface area contributed by atoms with Gasteiger partial charge >= 0.3 is 0 Å². The Kier molecular flexibility index (Phi) is 5.58. The highest BCUT2D eigenvalue weighted by Gasteiger charge is 2.30. The van der Waals surface area contributed by atoms with Crippen LogP contribution in [0, 0.1) is 26.7 Å². The number of piperidine rings is 1. The van der Waals surface area contributed by atoms with Crippen LogP contribution in [0.4, 0.5) is 0 Å². The first-order valence-corrected chi connectivity index (χ1v) is 10.6. The summed E-state index contributed by atoms with van der Waals surface area (Å²) in [4.78, 5) is 27.9. The van der Waals surface area contributed by atoms with Gasteiger partial charge in [0.15, 0.2) is 5.78 Å². The second-order valence-corrected chi connectivity index (χ2v) is 8.20. The van der Waals surface area contributed by atoms with E-state index in [1.165, 1.54) is 5.56 Å². The molecule has 154 valence electrons. The lowest BCUT2D eigenvalue weighted by atomic mass is 9.88. The van der Waals surface area contributed by atoms with E-state index in [-0.39, 0.29) is 17.6 Å². The van der Waals surface area contributed by atoms with Crippen molar-refractivity contribution in [1.82, 2.24) is 9.47 Å². The minimum absolute atomic E-state index is 0.00384. The van der Waals surface area contributed by atoms with E-state index in [1.54, 1.807) is 0 Å². The first-order valence-electron chi connectivity index (χ1n) is 10.6. The van der Waals surface area contributed by atoms with Crippen LogP contribution in [0.15, 0.2) is 60.7 Å². The van der Waals surface area contributed by atoms with Gasteiger partial charge < -0.3 is 9.47 Å². The lowest BCUT2D eigenvalue weighted by Crippen LogP contribution is -2.40. The third-order valence-corrected chi connectivity index (χ3v) is 6.23. The number of rotatable bonds is 4. The zero-order valence-electron chi connectivity index (χ0n) is 17.9. The fourth-order valence-corrected chi connectivity index (χ4v) is 4.52. The number of aromatic nitrogens is 1. The number of nitrogens with zero attached hydrogens (tertiary/aromatic N) is 2. The molecule has 0 atom stereocenters. The Morgan fingerprint density at radius 1 is 0.867 bits per heavy atom. The molecule has 1 aliphatic rings. The number of benzene rings is 2. The molecule has 0 saturated carbocycles. The molecule has 1 amide bonds. The molecule has 3 aromatic rings. The predicted octanol–water partition coefficient (Wildman–Crippen LogP) is 5.14. The number of carbonyl (C=O) groups excluding carboxylic acids is 2. The summed E-state index contributed by atoms with van der Waals surface area (Å²) >= 11 is 0. The molecular formula is C26H28N2O2. The van der Waals surface area contributed by atoms with Gasteiger partial charge in [0.2, 0.25) is 0 Å². The van der Waals surface area contributed by atoms with Gasteiger partial charge in [-0.3, -0.25) is 9.59 Å². The van der Waals surface area contributed by atoms with E-state index in [0.29, 0.717) is 13.1 Å². The Hall–Kier alpha value is -3.14. The minimum atomic E-state index is -0.00384. The van der Waals surface area contributed by atoms with Crippen molar-refractivity contribution in [3.8, 4) is 5.69 Å². The minimum Gasteiger partial charge on any atom is -0.339 e. The molecule has 1 fully saturated rings. The fourth-order valence-electron chi connectivity index (χ4n) is 4.52. The van der Waals surface area contributed by atoms with Crippen LogP contribution in [0.25, 0.3) is 5.69 Å². The summed E-state index contributed by atoms with van der Waals surface area (Å²) in [5, 5.41) is 0. The number of hydrogen-bond donors (Lipinski definition) is 0. The van der Waals surface area contributed by atoms with Crippen molar-refractivity contribution in [3.63, 3.8) is 0 Å². The molecule has 2 heterocycles. The highest BCUT2D eigenvalue weighted by molar-refractivity contribution is 5.99. The van der Waals surface area contributed by atoms with Crippen molar-refractivity contribution < 1.29 is 9.59 Å². The second-order valence-electron chi connectivity index (χ2n) is 8.20. The van der Waals surface area contributed by atoms with E-state index < -0.39 is 0 Å². The van der Waals surface area contributed by atoms with E-state index in [1.807, 2.05) is 67.3 Å². The fraction of sp³-hybridized carbons (Fsp3) is 0.308. The maximum atomic E-state index is 13.3. The molecule has 2 aromatic carbocycles. The van der Waals surface area contributed by atoms with E-state index in [2.05, 4.69) is 23.6 Å². The first kappa shape index (κ1) is 20.1. The summed E-state index contributed by atoms with van der Waals surface area (Å²) in [6.45, 7) is 7.38. The molecular weight excluding hydrogens is 372 g/mol. The average molecular weight is 401 g/mol. The largest absolute Gasteiger partial charge is 0.339 e. The Balaban J connectivity index is 1.50. The van der Waals surface area contributed by atoms with Crippen molar-refractivity contribution in [2.24, 2.45) is 5.92 Å². The third kappa shape index (κ3) is 3.70. The van der Waals surface area contributed by atoms with Gasteiger partial charge in [0.1, 0.15) is 0 Å². The molecule has 1 saturated heterocycles. The van der Waals surface area contributed by atoms with Crippen LogP contribution in [0.5, 0.6) is 0 Å². The molecule has 4 rings (SSSR count). The molecule has 1 aromatic heterocycles. The van der Waals surface area contributed by atoms with Gasteiger partial charge in [0.05, 0.1) is 5.56 Å². The number of carbonyl (C=O) groups is 2. The summed E-state index contributed by atoms with van der Waals surface area (Å²) in [7, 11) is 0. The molecule has 30 heavy (non-hydrogen) atoms. The van der Waals surface area contributed by atoms with Crippen LogP contribution < -0.4 is 0 Å². The maximum Gasteiger partial charge on any atom is 0.255 e. The molecule has 0 unspecified atom stereocenters. The lowest BCUT2D eigenvalue weighted by molar-refractivity contribution is 0.0649. The number of hydrogen-bond acceptors (Lipinski definition) is 2. The van der Waals surface area contributed by atoms with Crippen LogP contribution in [0.3, 0.4) is 0 Å². The number of amides is 1. The Morgan fingerprint density at radius 3 is 2.17 bits per heavy atom. The highest BCUT2D eigenvalue weighted by Crippen LogP contribution is 2.27. The van der Waals surface area contributed by atoms with E-state index in [0.717, 1.165) is 41.0 Å². The number of Topliss-reactive ketones (excluding diaryl/α,β-unsaturated/α-hetero) is 1. The Labute approximate surface area is 178 Å². The third-order valence-electron chi connectivity index (χ3n) is 6.23. The van der Waals surface area contributed by atoms with E-state index in [9.17, 15) is 9.59 Å². The first-order chi connectivity index (χ1) is 14.5. The normalized spacial score (nSPS) is 14.7. The smallest absolute Gasteiger partial charge is 0.255 e. The summed E-state index contributed by atoms with van der Waals surface area (Å²) in [6, 6.07) is 19.7. The Morgan fingerprint density at radius 2 is 1.50 bits per heavy atom. The monoisotopic (exact) mass is 400 g/mol. The number of para-hydroxylation sites is 1. The van der Waals surface area contributed by atoms with Crippen molar-refractivity contribution in [2.75, 3.05) is 13.1 Å². The SMILES string of the molecule is Cc1ccccc1-n1c(C)cc(C(=O)N2CCC(C(=O)c3ccccc3)CC2)c1C. The van der Waals surface area contributed by atoms with Crippen LogP contribution >= 0.6 is 0 Å². The number of ketones is 1. The summed E-state index contributed by atoms with van der Waals surface area (Å²) in [6.07, 6.45) is 1.44. The molecule has 0 N–H and O–H groups in total. The van der Waals surface area contributed by atoms with Crippen molar-refractivity contribution in [1.29, 1.82) is 0 Å². The van der Waals surface area contributed by atoms with Gasteiger partial charge in [0, 0.05) is 41.6 Å². The molecule has 1 aliphatic heterocycles. The zero-order valence-corrected chi connectivity index (χ0v) is 17.9. The topological polar surface area (TPSA) is 42.3 Å². The molecule has 0 bridgehead atoms. The van der Waals surface area contributed by atoms with Crippen LogP contribution in [-0.4, -0.2) is 34.2 Å². The average Bonchev–Trinajstić information content (AvgIpc) is 3.07. The van der Waals surface area contributed by atoms with Crippen LogP contribution in [0.2, 0.25) is 0 Å². The molecule has 0 spiro atoms. The van der Waals surface area contributed by atoms with E-state index in [4.69, 9.17) is 0 Å². The standard InChI is InChI=1S/C26H28N2O2/c1-18-9-7-8-12-24(18)28-19(2)17-23(20(28)3)26(30)27-15-13-22(14-16-27)25(29)21-10-5-4-6-11-21/h4-12,17,22H,13-16H2,1-3H3. The van der Waals surface area contributed by atoms with Crippen molar-refractivity contribution in [2.45, 2.75) is 33.6 Å². The summed E-state index contributed by atoms with van der Waals surface area (Å²) in [5.41, 5.74) is 5.83. The van der Waals surface area contributed by atoms with Crippen molar-refractivity contribution in [3.05, 3.63) is 88.7 Å². The van der Waals surface area contributed by atoms with Gasteiger partial charge in [-0.25, -0.2) is 0 Å². The summed E-state index contributed by atoms with van der Waals surface area (Å²) in [5.74, 6) is 0.254. The molecule has 4 heteroatoms. The molecule has 0 radical (unpaired) electrons. The van der Waals surface area contributed by atoms with E-state index >= 15 is 0 Å². The Bertz CT molecular complexity index is 1070.